The third-order valence-corrected chi connectivity index (χ3v) is 3.87. The molecule has 1 aromatic rings. The molecular weight excluding hydrogens is 309 g/mol. The maximum absolute atomic E-state index is 12.8. The Hall–Kier alpha value is -1.60. The number of hydrogen-bond acceptors (Lipinski definition) is 4. The standard InChI is InChI=1S/C15H20FNO4S/c1-15(10-21-2,9-14(19)20)17-13(18)7-8-22-12-5-3-11(16)4-6-12/h3-6H,7-10H2,1-2H3,(H,17,18)(H,19,20). The Labute approximate surface area is 133 Å². The number of amides is 1. The molecule has 0 radical (unpaired) electrons. The van der Waals surface area contributed by atoms with Gasteiger partial charge in [0.05, 0.1) is 18.6 Å². The molecule has 0 bridgehead atoms. The monoisotopic (exact) mass is 329 g/mol. The normalized spacial score (nSPS) is 13.4. The molecule has 7 heteroatoms. The van der Waals surface area contributed by atoms with Crippen molar-refractivity contribution in [1.82, 2.24) is 5.32 Å². The van der Waals surface area contributed by atoms with Crippen LogP contribution >= 0.6 is 11.8 Å². The highest BCUT2D eigenvalue weighted by Gasteiger charge is 2.29. The van der Waals surface area contributed by atoms with Crippen LogP contribution < -0.4 is 5.32 Å². The number of rotatable bonds is 9. The molecule has 0 aliphatic heterocycles. The van der Waals surface area contributed by atoms with Crippen LogP contribution in [0.2, 0.25) is 0 Å². The first-order chi connectivity index (χ1) is 10.3. The highest BCUT2D eigenvalue weighted by molar-refractivity contribution is 7.99. The van der Waals surface area contributed by atoms with Crippen molar-refractivity contribution in [3.8, 4) is 0 Å². The Morgan fingerprint density at radius 1 is 1.36 bits per heavy atom. The topological polar surface area (TPSA) is 75.6 Å². The molecule has 0 fully saturated rings. The number of carboxylic acids is 1. The molecule has 1 rings (SSSR count). The highest BCUT2D eigenvalue weighted by Crippen LogP contribution is 2.19. The summed E-state index contributed by atoms with van der Waals surface area (Å²) < 4.78 is 17.7. The van der Waals surface area contributed by atoms with E-state index in [2.05, 4.69) is 5.32 Å². The van der Waals surface area contributed by atoms with Crippen LogP contribution in [0.15, 0.2) is 29.2 Å². The zero-order chi connectivity index (χ0) is 16.6. The van der Waals surface area contributed by atoms with E-state index in [1.807, 2.05) is 0 Å². The summed E-state index contributed by atoms with van der Waals surface area (Å²) in [6, 6.07) is 6.03. The van der Waals surface area contributed by atoms with E-state index >= 15 is 0 Å². The Morgan fingerprint density at radius 2 is 2.00 bits per heavy atom. The van der Waals surface area contributed by atoms with Crippen molar-refractivity contribution in [2.45, 2.75) is 30.2 Å². The predicted molar refractivity (Wildman–Crippen MR) is 82.4 cm³/mol. The second kappa shape index (κ2) is 8.75. The summed E-state index contributed by atoms with van der Waals surface area (Å²) in [6.07, 6.45) is 0.0264. The van der Waals surface area contributed by atoms with Gasteiger partial charge >= 0.3 is 5.97 Å². The number of aliphatic carboxylic acids is 1. The third-order valence-electron chi connectivity index (χ3n) is 2.86. The summed E-state index contributed by atoms with van der Waals surface area (Å²) in [5.41, 5.74) is -0.932. The maximum Gasteiger partial charge on any atom is 0.305 e. The van der Waals surface area contributed by atoms with Gasteiger partial charge in [-0.05, 0) is 31.2 Å². The van der Waals surface area contributed by atoms with E-state index in [1.165, 1.54) is 31.0 Å². The molecule has 0 aliphatic rings. The number of nitrogens with one attached hydrogen (secondary N) is 1. The molecule has 2 N–H and O–H groups in total. The number of thioether (sulfide) groups is 1. The van der Waals surface area contributed by atoms with Crippen LogP contribution in [-0.4, -0.2) is 42.0 Å². The minimum absolute atomic E-state index is 0.121. The Bertz CT molecular complexity index is 509. The lowest BCUT2D eigenvalue weighted by atomic mass is 9.99. The Kier molecular flexibility index (Phi) is 7.34. The zero-order valence-electron chi connectivity index (χ0n) is 12.6. The number of carboxylic acid groups (broad SMARTS) is 1. The minimum Gasteiger partial charge on any atom is -0.481 e. The smallest absolute Gasteiger partial charge is 0.305 e. The fourth-order valence-corrected chi connectivity index (χ4v) is 2.83. The van der Waals surface area contributed by atoms with Gasteiger partial charge in [-0.15, -0.1) is 11.8 Å². The van der Waals surface area contributed by atoms with Crippen molar-refractivity contribution in [2.75, 3.05) is 19.5 Å². The largest absolute Gasteiger partial charge is 0.481 e. The molecular formula is C15H20FNO4S. The van der Waals surface area contributed by atoms with Crippen molar-refractivity contribution < 1.29 is 23.8 Å². The van der Waals surface area contributed by atoms with Gasteiger partial charge in [-0.3, -0.25) is 9.59 Å². The van der Waals surface area contributed by atoms with Gasteiger partial charge < -0.3 is 15.2 Å². The van der Waals surface area contributed by atoms with E-state index in [1.54, 1.807) is 19.1 Å². The van der Waals surface area contributed by atoms with Crippen molar-refractivity contribution in [3.05, 3.63) is 30.1 Å². The average molecular weight is 329 g/mol. The summed E-state index contributed by atoms with van der Waals surface area (Å²) in [5.74, 6) is -1.02. The van der Waals surface area contributed by atoms with Crippen LogP contribution in [0.25, 0.3) is 0 Å². The molecule has 1 aromatic carbocycles. The SMILES string of the molecule is COCC(C)(CC(=O)O)NC(=O)CCSc1ccc(F)cc1. The summed E-state index contributed by atoms with van der Waals surface area (Å²) in [7, 11) is 1.46. The van der Waals surface area contributed by atoms with Gasteiger partial charge in [-0.2, -0.15) is 0 Å². The van der Waals surface area contributed by atoms with Gasteiger partial charge in [0.1, 0.15) is 5.82 Å². The Morgan fingerprint density at radius 3 is 2.55 bits per heavy atom. The quantitative estimate of drug-likeness (QED) is 0.680. The molecule has 22 heavy (non-hydrogen) atoms. The van der Waals surface area contributed by atoms with Gasteiger partial charge in [0.25, 0.3) is 0 Å². The number of methoxy groups -OCH3 is 1. The van der Waals surface area contributed by atoms with Crippen LogP contribution in [0.4, 0.5) is 4.39 Å². The minimum atomic E-state index is -1.000. The van der Waals surface area contributed by atoms with Crippen molar-refractivity contribution >= 4 is 23.6 Å². The summed E-state index contributed by atoms with van der Waals surface area (Å²) >= 11 is 1.44. The molecule has 0 saturated heterocycles. The van der Waals surface area contributed by atoms with Gasteiger partial charge in [-0.25, -0.2) is 4.39 Å². The molecule has 1 amide bonds. The van der Waals surface area contributed by atoms with E-state index in [9.17, 15) is 14.0 Å². The molecule has 0 heterocycles. The highest BCUT2D eigenvalue weighted by atomic mass is 32.2. The number of carbonyl (C=O) groups excluding carboxylic acids is 1. The number of benzene rings is 1. The van der Waals surface area contributed by atoms with Crippen molar-refractivity contribution in [1.29, 1.82) is 0 Å². The van der Waals surface area contributed by atoms with Crippen molar-refractivity contribution in [2.24, 2.45) is 0 Å². The molecule has 122 valence electrons. The number of halogens is 1. The van der Waals surface area contributed by atoms with E-state index in [0.717, 1.165) is 4.90 Å². The first-order valence-electron chi connectivity index (χ1n) is 6.75. The van der Waals surface area contributed by atoms with Crippen molar-refractivity contribution in [3.63, 3.8) is 0 Å². The van der Waals surface area contributed by atoms with Gasteiger partial charge in [0.15, 0.2) is 0 Å². The average Bonchev–Trinajstić information content (AvgIpc) is 2.39. The summed E-state index contributed by atoms with van der Waals surface area (Å²) in [6.45, 7) is 1.76. The van der Waals surface area contributed by atoms with E-state index < -0.39 is 11.5 Å². The fraction of sp³-hybridized carbons (Fsp3) is 0.467. The lowest BCUT2D eigenvalue weighted by Gasteiger charge is -2.28. The second-order valence-corrected chi connectivity index (χ2v) is 6.33. The zero-order valence-corrected chi connectivity index (χ0v) is 13.4. The molecule has 0 aromatic heterocycles. The third kappa shape index (κ3) is 6.91. The van der Waals surface area contributed by atoms with Crippen LogP contribution in [0.3, 0.4) is 0 Å². The molecule has 5 nitrogen and oxygen atoms in total. The van der Waals surface area contributed by atoms with Crippen LogP contribution in [0.5, 0.6) is 0 Å². The van der Waals surface area contributed by atoms with Gasteiger partial charge in [-0.1, -0.05) is 0 Å². The second-order valence-electron chi connectivity index (χ2n) is 5.16. The van der Waals surface area contributed by atoms with Crippen LogP contribution in [-0.2, 0) is 14.3 Å². The summed E-state index contributed by atoms with van der Waals surface area (Å²) in [4.78, 5) is 23.7. The first-order valence-corrected chi connectivity index (χ1v) is 7.73. The molecule has 1 unspecified atom stereocenters. The molecule has 0 aliphatic carbocycles. The molecule has 0 saturated carbocycles. The summed E-state index contributed by atoms with van der Waals surface area (Å²) in [5, 5.41) is 11.6. The molecule has 1 atom stereocenters. The maximum atomic E-state index is 12.8. The Balaban J connectivity index is 2.43. The van der Waals surface area contributed by atoms with E-state index in [0.29, 0.717) is 5.75 Å². The molecule has 0 spiro atoms. The van der Waals surface area contributed by atoms with Crippen LogP contribution in [0.1, 0.15) is 19.8 Å². The first kappa shape index (κ1) is 18.4. The van der Waals surface area contributed by atoms with Crippen LogP contribution in [0, 0.1) is 5.82 Å². The predicted octanol–water partition coefficient (Wildman–Crippen LogP) is 2.30. The number of ether oxygens (including phenoxy) is 1. The fourth-order valence-electron chi connectivity index (χ4n) is 1.98. The van der Waals surface area contributed by atoms with Gasteiger partial charge in [0.2, 0.25) is 5.91 Å². The number of carbonyl (C=O) groups is 2. The van der Waals surface area contributed by atoms with E-state index in [4.69, 9.17) is 9.84 Å². The van der Waals surface area contributed by atoms with E-state index in [-0.39, 0.29) is 31.2 Å². The lowest BCUT2D eigenvalue weighted by molar-refractivity contribution is -0.139. The number of hydrogen-bond donors (Lipinski definition) is 2. The lowest BCUT2D eigenvalue weighted by Crippen LogP contribution is -2.50. The van der Waals surface area contributed by atoms with Gasteiger partial charge in [0, 0.05) is 24.2 Å².